The van der Waals surface area contributed by atoms with Crippen molar-refractivity contribution in [3.8, 4) is 11.3 Å². The number of nitrogens with one attached hydrogen (secondary N) is 1. The minimum Gasteiger partial charge on any atom is -0.477 e. The Morgan fingerprint density at radius 2 is 1.89 bits per heavy atom. The second-order valence-electron chi connectivity index (χ2n) is 6.79. The Bertz CT molecular complexity index is 1010. The smallest absolute Gasteiger partial charge is 0.343 e. The summed E-state index contributed by atoms with van der Waals surface area (Å²) in [5.41, 5.74) is 2.53. The molecule has 1 atom stereocenters. The fraction of sp³-hybridized carbons (Fsp3) is 0.190. The number of benzene rings is 2. The normalized spacial score (nSPS) is 16.4. The molecule has 2 aromatic carbocycles. The molecule has 0 aliphatic carbocycles. The van der Waals surface area contributed by atoms with Gasteiger partial charge in [-0.1, -0.05) is 53.2 Å². The van der Waals surface area contributed by atoms with Gasteiger partial charge in [0, 0.05) is 24.2 Å². The number of nitrogens with zero attached hydrogens (tertiary/aromatic N) is 2. The Hall–Kier alpha value is -3.61. The van der Waals surface area contributed by atoms with Crippen LogP contribution in [0.25, 0.3) is 11.3 Å². The molecule has 4 rings (SSSR count). The van der Waals surface area contributed by atoms with Crippen LogP contribution in [0.2, 0.25) is 0 Å². The first-order valence-corrected chi connectivity index (χ1v) is 8.95. The van der Waals surface area contributed by atoms with Crippen molar-refractivity contribution in [3.05, 3.63) is 65.7 Å². The first-order valence-electron chi connectivity index (χ1n) is 8.95. The van der Waals surface area contributed by atoms with Crippen molar-refractivity contribution >= 4 is 23.4 Å². The van der Waals surface area contributed by atoms with Crippen LogP contribution in [0.5, 0.6) is 0 Å². The summed E-state index contributed by atoms with van der Waals surface area (Å²) in [5, 5.41) is 16.7. The lowest BCUT2D eigenvalue weighted by molar-refractivity contribution is -0.117. The van der Waals surface area contributed by atoms with Crippen LogP contribution >= 0.6 is 0 Å². The third-order valence-corrected chi connectivity index (χ3v) is 4.75. The molecular formula is C21H19N3O4. The highest BCUT2D eigenvalue weighted by molar-refractivity contribution is 6.00. The molecule has 0 spiro atoms. The summed E-state index contributed by atoms with van der Waals surface area (Å²) < 4.78 is 5.31. The summed E-state index contributed by atoms with van der Waals surface area (Å²) in [6.45, 7) is 2.41. The number of rotatable bonds is 5. The van der Waals surface area contributed by atoms with Gasteiger partial charge in [0.1, 0.15) is 0 Å². The summed E-state index contributed by atoms with van der Waals surface area (Å²) in [4.78, 5) is 25.9. The molecule has 0 radical (unpaired) electrons. The van der Waals surface area contributed by atoms with Crippen LogP contribution in [-0.2, 0) is 4.79 Å². The van der Waals surface area contributed by atoms with E-state index in [1.54, 1.807) is 29.2 Å². The van der Waals surface area contributed by atoms with Gasteiger partial charge in [0.2, 0.25) is 5.91 Å². The van der Waals surface area contributed by atoms with Gasteiger partial charge < -0.3 is 19.8 Å². The zero-order valence-electron chi connectivity index (χ0n) is 15.3. The standard InChI is InChI=1S/C21H19N3O4/c1-13-7-9-16(10-8-13)24-12-15(11-17(24)25)22-20-18(21(26)27)19(28-23-20)14-5-3-2-4-6-14/h2-10,15H,11-12H2,1H3,(H,22,23)(H,26,27). The predicted molar refractivity (Wildman–Crippen MR) is 104 cm³/mol. The molecule has 2 N–H and O–H groups in total. The van der Waals surface area contributed by atoms with Crippen molar-refractivity contribution in [2.24, 2.45) is 0 Å². The molecular weight excluding hydrogens is 358 g/mol. The van der Waals surface area contributed by atoms with E-state index in [4.69, 9.17) is 4.52 Å². The minimum absolute atomic E-state index is 0.0231. The number of hydrogen-bond donors (Lipinski definition) is 2. The van der Waals surface area contributed by atoms with Gasteiger partial charge in [-0.05, 0) is 19.1 Å². The zero-order valence-corrected chi connectivity index (χ0v) is 15.3. The van der Waals surface area contributed by atoms with E-state index in [2.05, 4.69) is 10.5 Å². The van der Waals surface area contributed by atoms with Crippen LogP contribution in [0, 0.1) is 6.92 Å². The maximum Gasteiger partial charge on any atom is 0.343 e. The minimum atomic E-state index is -1.14. The molecule has 3 aromatic rings. The number of carbonyl (C=O) groups is 2. The lowest BCUT2D eigenvalue weighted by Gasteiger charge is -2.17. The molecule has 0 saturated carbocycles. The lowest BCUT2D eigenvalue weighted by Crippen LogP contribution is -2.28. The topological polar surface area (TPSA) is 95.7 Å². The highest BCUT2D eigenvalue weighted by atomic mass is 16.5. The van der Waals surface area contributed by atoms with Crippen molar-refractivity contribution in [1.29, 1.82) is 0 Å². The van der Waals surface area contributed by atoms with E-state index in [9.17, 15) is 14.7 Å². The number of aromatic carboxylic acids is 1. The molecule has 1 saturated heterocycles. The first kappa shape index (κ1) is 17.8. The fourth-order valence-corrected chi connectivity index (χ4v) is 3.35. The molecule has 2 heterocycles. The fourth-order valence-electron chi connectivity index (χ4n) is 3.35. The van der Waals surface area contributed by atoms with E-state index in [0.717, 1.165) is 11.3 Å². The van der Waals surface area contributed by atoms with Gasteiger partial charge in [-0.15, -0.1) is 0 Å². The van der Waals surface area contributed by atoms with Crippen LogP contribution in [0.4, 0.5) is 11.5 Å². The van der Waals surface area contributed by atoms with E-state index in [-0.39, 0.29) is 35.5 Å². The highest BCUT2D eigenvalue weighted by Gasteiger charge is 2.33. The molecule has 0 bridgehead atoms. The van der Waals surface area contributed by atoms with Crippen LogP contribution in [0.15, 0.2) is 59.1 Å². The number of hydrogen-bond acceptors (Lipinski definition) is 5. The van der Waals surface area contributed by atoms with E-state index in [0.29, 0.717) is 12.1 Å². The van der Waals surface area contributed by atoms with Gasteiger partial charge in [-0.3, -0.25) is 4.79 Å². The van der Waals surface area contributed by atoms with Crippen molar-refractivity contribution in [2.45, 2.75) is 19.4 Å². The van der Waals surface area contributed by atoms with E-state index in [1.807, 2.05) is 37.3 Å². The molecule has 1 amide bonds. The molecule has 1 aromatic heterocycles. The molecule has 1 fully saturated rings. The van der Waals surface area contributed by atoms with Gasteiger partial charge in [-0.2, -0.15) is 0 Å². The molecule has 1 aliphatic heterocycles. The maximum absolute atomic E-state index is 12.4. The van der Waals surface area contributed by atoms with E-state index < -0.39 is 5.97 Å². The molecule has 7 heteroatoms. The molecule has 142 valence electrons. The number of amides is 1. The Morgan fingerprint density at radius 3 is 2.57 bits per heavy atom. The summed E-state index contributed by atoms with van der Waals surface area (Å²) in [5.74, 6) is -0.836. The molecule has 1 unspecified atom stereocenters. The van der Waals surface area contributed by atoms with Gasteiger partial charge in [-0.25, -0.2) is 4.79 Å². The van der Waals surface area contributed by atoms with Crippen molar-refractivity contribution < 1.29 is 19.2 Å². The van der Waals surface area contributed by atoms with E-state index in [1.165, 1.54) is 0 Å². The Balaban J connectivity index is 1.57. The quantitative estimate of drug-likeness (QED) is 0.706. The third kappa shape index (κ3) is 3.34. The van der Waals surface area contributed by atoms with Crippen molar-refractivity contribution in [2.75, 3.05) is 16.8 Å². The predicted octanol–water partition coefficient (Wildman–Crippen LogP) is 3.57. The average molecular weight is 377 g/mol. The summed E-state index contributed by atoms with van der Waals surface area (Å²) in [7, 11) is 0. The number of aryl methyl sites for hydroxylation is 1. The largest absolute Gasteiger partial charge is 0.477 e. The van der Waals surface area contributed by atoms with Crippen LogP contribution in [0.3, 0.4) is 0 Å². The van der Waals surface area contributed by atoms with Crippen LogP contribution < -0.4 is 10.2 Å². The maximum atomic E-state index is 12.4. The number of carboxylic acids is 1. The van der Waals surface area contributed by atoms with Crippen LogP contribution in [-0.4, -0.2) is 34.7 Å². The van der Waals surface area contributed by atoms with Gasteiger partial charge in [0.25, 0.3) is 0 Å². The number of anilines is 2. The van der Waals surface area contributed by atoms with Crippen LogP contribution in [0.1, 0.15) is 22.3 Å². The Labute approximate surface area is 161 Å². The monoisotopic (exact) mass is 377 g/mol. The van der Waals surface area contributed by atoms with Crippen molar-refractivity contribution in [3.63, 3.8) is 0 Å². The number of carboxylic acid groups (broad SMARTS) is 1. The van der Waals surface area contributed by atoms with Gasteiger partial charge in [0.05, 0.1) is 6.04 Å². The Kier molecular flexibility index (Phi) is 4.57. The summed E-state index contributed by atoms with van der Waals surface area (Å²) in [6, 6.07) is 16.4. The summed E-state index contributed by atoms with van der Waals surface area (Å²) >= 11 is 0. The first-order chi connectivity index (χ1) is 13.5. The zero-order chi connectivity index (χ0) is 19.7. The molecule has 28 heavy (non-hydrogen) atoms. The molecule has 7 nitrogen and oxygen atoms in total. The Morgan fingerprint density at radius 1 is 1.18 bits per heavy atom. The average Bonchev–Trinajstić information content (AvgIpc) is 3.27. The third-order valence-electron chi connectivity index (χ3n) is 4.75. The number of aromatic nitrogens is 1. The van der Waals surface area contributed by atoms with Gasteiger partial charge >= 0.3 is 5.97 Å². The van der Waals surface area contributed by atoms with Gasteiger partial charge in [0.15, 0.2) is 17.1 Å². The summed E-state index contributed by atoms with van der Waals surface area (Å²) in [6.07, 6.45) is 0.250. The lowest BCUT2D eigenvalue weighted by atomic mass is 10.1. The highest BCUT2D eigenvalue weighted by Crippen LogP contribution is 2.31. The van der Waals surface area contributed by atoms with Crippen molar-refractivity contribution in [1.82, 2.24) is 5.16 Å². The SMILES string of the molecule is Cc1ccc(N2CC(Nc3noc(-c4ccccc4)c3C(=O)O)CC2=O)cc1. The second kappa shape index (κ2) is 7.19. The number of carbonyl (C=O) groups excluding carboxylic acids is 1. The van der Waals surface area contributed by atoms with E-state index >= 15 is 0 Å². The second-order valence-corrected chi connectivity index (χ2v) is 6.79. The molecule has 1 aliphatic rings.